The van der Waals surface area contributed by atoms with Crippen LogP contribution in [0.4, 0.5) is 19.0 Å². The van der Waals surface area contributed by atoms with Crippen molar-refractivity contribution in [3.63, 3.8) is 0 Å². The van der Waals surface area contributed by atoms with Crippen LogP contribution in [0.5, 0.6) is 0 Å². The minimum absolute atomic E-state index is 0.129. The Morgan fingerprint density at radius 1 is 1.22 bits per heavy atom. The van der Waals surface area contributed by atoms with Crippen molar-refractivity contribution < 1.29 is 13.2 Å². The minimum Gasteiger partial charge on any atom is -0.353 e. The molecule has 1 saturated heterocycles. The molecule has 1 fully saturated rings. The number of anilines is 1. The van der Waals surface area contributed by atoms with Crippen molar-refractivity contribution in [1.29, 1.82) is 0 Å². The van der Waals surface area contributed by atoms with Gasteiger partial charge in [-0.15, -0.1) is 0 Å². The summed E-state index contributed by atoms with van der Waals surface area (Å²) in [6.45, 7) is 2.37. The number of hydrogen-bond acceptors (Lipinski definition) is 4. The van der Waals surface area contributed by atoms with Crippen molar-refractivity contribution in [2.45, 2.75) is 6.18 Å². The third-order valence-corrected chi connectivity index (χ3v) is 3.03. The highest BCUT2D eigenvalue weighted by molar-refractivity contribution is 6.28. The largest absolute Gasteiger partial charge is 0.421 e. The zero-order valence-corrected chi connectivity index (χ0v) is 10.5. The van der Waals surface area contributed by atoms with E-state index >= 15 is 0 Å². The Morgan fingerprint density at radius 2 is 1.83 bits per heavy atom. The summed E-state index contributed by atoms with van der Waals surface area (Å²) in [4.78, 5) is 10.8. The summed E-state index contributed by atoms with van der Waals surface area (Å²) in [6, 6.07) is 0. The summed E-state index contributed by atoms with van der Waals surface area (Å²) < 4.78 is 38.6. The monoisotopic (exact) mass is 280 g/mol. The minimum atomic E-state index is -4.47. The number of halogens is 4. The lowest BCUT2D eigenvalue weighted by Gasteiger charge is -2.34. The molecule has 0 aliphatic carbocycles. The van der Waals surface area contributed by atoms with Gasteiger partial charge in [0, 0.05) is 32.4 Å². The maximum absolute atomic E-state index is 12.9. The number of alkyl halides is 3. The van der Waals surface area contributed by atoms with Crippen LogP contribution in [0.1, 0.15) is 5.56 Å². The Hall–Kier alpha value is -1.08. The smallest absolute Gasteiger partial charge is 0.353 e. The van der Waals surface area contributed by atoms with Crippen LogP contribution in [-0.4, -0.2) is 48.1 Å². The van der Waals surface area contributed by atoms with Crippen LogP contribution < -0.4 is 4.90 Å². The van der Waals surface area contributed by atoms with E-state index in [0.717, 1.165) is 6.20 Å². The summed E-state index contributed by atoms with van der Waals surface area (Å²) in [6.07, 6.45) is -3.73. The van der Waals surface area contributed by atoms with Gasteiger partial charge >= 0.3 is 6.18 Å². The molecule has 2 rings (SSSR count). The van der Waals surface area contributed by atoms with E-state index in [1.165, 1.54) is 0 Å². The summed E-state index contributed by atoms with van der Waals surface area (Å²) in [5.41, 5.74) is -0.837. The Bertz CT molecular complexity index is 430. The normalized spacial score (nSPS) is 18.2. The summed E-state index contributed by atoms with van der Waals surface area (Å²) in [7, 11) is 1.93. The quantitative estimate of drug-likeness (QED) is 0.736. The van der Waals surface area contributed by atoms with Crippen molar-refractivity contribution in [3.8, 4) is 0 Å². The molecule has 1 aliphatic heterocycles. The topological polar surface area (TPSA) is 32.3 Å². The first-order chi connectivity index (χ1) is 8.38. The van der Waals surface area contributed by atoms with Gasteiger partial charge in [0.1, 0.15) is 11.4 Å². The Balaban J connectivity index is 2.33. The lowest BCUT2D eigenvalue weighted by Crippen LogP contribution is -2.45. The SMILES string of the molecule is CN1CCN(c2nc(Cl)ncc2C(F)(F)F)CC1. The fourth-order valence-corrected chi connectivity index (χ4v) is 1.94. The lowest BCUT2D eigenvalue weighted by atomic mass is 10.2. The molecule has 8 heteroatoms. The van der Waals surface area contributed by atoms with Gasteiger partial charge in [0.05, 0.1) is 0 Å². The Morgan fingerprint density at radius 3 is 2.39 bits per heavy atom. The van der Waals surface area contributed by atoms with Gasteiger partial charge in [0.2, 0.25) is 5.28 Å². The van der Waals surface area contributed by atoms with E-state index < -0.39 is 11.7 Å². The first-order valence-electron chi connectivity index (χ1n) is 5.41. The predicted octanol–water partition coefficient (Wildman–Crippen LogP) is 1.90. The average molecular weight is 281 g/mol. The number of nitrogens with zero attached hydrogens (tertiary/aromatic N) is 4. The number of rotatable bonds is 1. The summed E-state index contributed by atoms with van der Waals surface area (Å²) >= 11 is 5.59. The predicted molar refractivity (Wildman–Crippen MR) is 61.8 cm³/mol. The molecule has 0 saturated carbocycles. The van der Waals surface area contributed by atoms with Crippen LogP contribution in [0.3, 0.4) is 0 Å². The molecule has 1 aromatic heterocycles. The summed E-state index contributed by atoms with van der Waals surface area (Å²) in [5, 5.41) is -0.170. The lowest BCUT2D eigenvalue weighted by molar-refractivity contribution is -0.137. The van der Waals surface area contributed by atoms with Crippen LogP contribution in [-0.2, 0) is 6.18 Å². The molecule has 0 amide bonds. The van der Waals surface area contributed by atoms with Crippen molar-refractivity contribution in [2.75, 3.05) is 38.1 Å². The van der Waals surface area contributed by atoms with Gasteiger partial charge in [0.25, 0.3) is 0 Å². The molecule has 0 spiro atoms. The highest BCUT2D eigenvalue weighted by Gasteiger charge is 2.37. The first-order valence-corrected chi connectivity index (χ1v) is 5.79. The number of hydrogen-bond donors (Lipinski definition) is 0. The van der Waals surface area contributed by atoms with Crippen LogP contribution >= 0.6 is 11.6 Å². The van der Waals surface area contributed by atoms with Gasteiger partial charge in [-0.2, -0.15) is 18.2 Å². The third-order valence-electron chi connectivity index (χ3n) is 2.85. The van der Waals surface area contributed by atoms with E-state index in [-0.39, 0.29) is 11.1 Å². The standard InChI is InChI=1S/C10H12ClF3N4/c1-17-2-4-18(5-3-17)8-7(10(12,13)14)6-15-9(11)16-8/h6H,2-5H2,1H3. The van der Waals surface area contributed by atoms with Gasteiger partial charge in [-0.05, 0) is 18.6 Å². The van der Waals surface area contributed by atoms with Gasteiger partial charge in [-0.25, -0.2) is 4.98 Å². The molecule has 18 heavy (non-hydrogen) atoms. The van der Waals surface area contributed by atoms with Crippen LogP contribution in [0.2, 0.25) is 5.28 Å². The maximum Gasteiger partial charge on any atom is 0.421 e. The fraction of sp³-hybridized carbons (Fsp3) is 0.600. The third kappa shape index (κ3) is 2.84. The van der Waals surface area contributed by atoms with Crippen LogP contribution in [0.25, 0.3) is 0 Å². The second-order valence-corrected chi connectivity index (χ2v) is 4.50. The van der Waals surface area contributed by atoms with E-state index in [0.29, 0.717) is 26.2 Å². The molecule has 0 aromatic carbocycles. The number of aromatic nitrogens is 2. The molecule has 1 aromatic rings. The van der Waals surface area contributed by atoms with Crippen LogP contribution in [0.15, 0.2) is 6.20 Å². The van der Waals surface area contributed by atoms with E-state index in [9.17, 15) is 13.2 Å². The molecule has 100 valence electrons. The Kier molecular flexibility index (Phi) is 3.63. The van der Waals surface area contributed by atoms with Gasteiger partial charge in [-0.3, -0.25) is 0 Å². The Labute approximate surface area is 107 Å². The zero-order chi connectivity index (χ0) is 13.3. The van der Waals surface area contributed by atoms with Crippen LogP contribution in [0, 0.1) is 0 Å². The van der Waals surface area contributed by atoms with Gasteiger partial charge in [0.15, 0.2) is 0 Å². The van der Waals surface area contributed by atoms with Crippen molar-refractivity contribution in [1.82, 2.24) is 14.9 Å². The average Bonchev–Trinajstić information content (AvgIpc) is 2.28. The van der Waals surface area contributed by atoms with E-state index in [1.807, 2.05) is 11.9 Å². The fourth-order valence-electron chi connectivity index (χ4n) is 1.81. The van der Waals surface area contributed by atoms with E-state index in [2.05, 4.69) is 9.97 Å². The molecule has 4 nitrogen and oxygen atoms in total. The van der Waals surface area contributed by atoms with E-state index in [1.54, 1.807) is 4.90 Å². The van der Waals surface area contributed by atoms with Crippen molar-refractivity contribution in [2.24, 2.45) is 0 Å². The number of likely N-dealkylation sites (N-methyl/N-ethyl adjacent to an activating group) is 1. The van der Waals surface area contributed by atoms with Gasteiger partial charge in [-0.1, -0.05) is 0 Å². The first kappa shape index (κ1) is 13.4. The maximum atomic E-state index is 12.9. The van der Waals surface area contributed by atoms with Crippen molar-refractivity contribution >= 4 is 17.4 Å². The highest BCUT2D eigenvalue weighted by atomic mass is 35.5. The number of piperazine rings is 1. The van der Waals surface area contributed by atoms with E-state index in [4.69, 9.17) is 11.6 Å². The second kappa shape index (κ2) is 4.89. The van der Waals surface area contributed by atoms with Crippen molar-refractivity contribution in [3.05, 3.63) is 17.0 Å². The molecular formula is C10H12ClF3N4. The molecular weight excluding hydrogens is 269 g/mol. The summed E-state index contributed by atoms with van der Waals surface area (Å²) in [5.74, 6) is -0.129. The zero-order valence-electron chi connectivity index (χ0n) is 9.71. The molecule has 1 aliphatic rings. The molecule has 0 bridgehead atoms. The van der Waals surface area contributed by atoms with Gasteiger partial charge < -0.3 is 9.80 Å². The molecule has 0 N–H and O–H groups in total. The highest BCUT2D eigenvalue weighted by Crippen LogP contribution is 2.35. The molecule has 2 heterocycles. The molecule has 0 atom stereocenters. The molecule has 0 radical (unpaired) electrons. The molecule has 0 unspecified atom stereocenters. The second-order valence-electron chi connectivity index (χ2n) is 4.16.